The average Bonchev–Trinajstić information content (AvgIpc) is 3.21. The van der Waals surface area contributed by atoms with Gasteiger partial charge in [-0.1, -0.05) is 12.8 Å². The molecule has 2 N–H and O–H groups in total. The van der Waals surface area contributed by atoms with Crippen molar-refractivity contribution in [2.24, 2.45) is 0 Å². The molecule has 1 aromatic heterocycles. The fourth-order valence-electron chi connectivity index (χ4n) is 3.69. The number of nitrogens with zero attached hydrogens (tertiary/aromatic N) is 3. The van der Waals surface area contributed by atoms with Gasteiger partial charge in [0, 0.05) is 25.7 Å². The van der Waals surface area contributed by atoms with Gasteiger partial charge in [0.25, 0.3) is 11.8 Å². The lowest BCUT2D eigenvalue weighted by atomic mass is 10.1. The maximum Gasteiger partial charge on any atom is 0.287 e. The van der Waals surface area contributed by atoms with E-state index >= 15 is 0 Å². The smallest absolute Gasteiger partial charge is 0.287 e. The van der Waals surface area contributed by atoms with E-state index in [-0.39, 0.29) is 17.9 Å². The van der Waals surface area contributed by atoms with Crippen LogP contribution >= 0.6 is 0 Å². The summed E-state index contributed by atoms with van der Waals surface area (Å²) in [5.41, 5.74) is 1.36. The molecule has 1 aliphatic heterocycles. The van der Waals surface area contributed by atoms with Gasteiger partial charge >= 0.3 is 0 Å². The third-order valence-electron chi connectivity index (χ3n) is 5.07. The van der Waals surface area contributed by atoms with E-state index in [9.17, 15) is 9.59 Å². The minimum Gasteiger partial charge on any atom is -0.348 e. The zero-order chi connectivity index (χ0) is 17.8. The summed E-state index contributed by atoms with van der Waals surface area (Å²) < 4.78 is 1.94. The Morgan fingerprint density at radius 1 is 1.16 bits per heavy atom. The Balaban J connectivity index is 1.76. The second kappa shape index (κ2) is 7.99. The maximum absolute atomic E-state index is 12.7. The van der Waals surface area contributed by atoms with E-state index in [4.69, 9.17) is 0 Å². The van der Waals surface area contributed by atoms with Crippen LogP contribution in [0, 0.1) is 0 Å². The van der Waals surface area contributed by atoms with Crippen molar-refractivity contribution in [1.29, 1.82) is 0 Å². The van der Waals surface area contributed by atoms with Gasteiger partial charge in [0.1, 0.15) is 5.69 Å². The largest absolute Gasteiger partial charge is 0.348 e. The van der Waals surface area contributed by atoms with Crippen molar-refractivity contribution in [3.05, 3.63) is 17.2 Å². The number of hydrogen-bond donors (Lipinski definition) is 2. The molecule has 1 aromatic rings. The minimum absolute atomic E-state index is 0.120. The lowest BCUT2D eigenvalue weighted by Crippen LogP contribution is -2.33. The van der Waals surface area contributed by atoms with Gasteiger partial charge in [-0.05, 0) is 46.2 Å². The molecule has 2 amide bonds. The van der Waals surface area contributed by atoms with Crippen LogP contribution in [-0.2, 0) is 13.0 Å². The number of nitrogens with one attached hydrogen (secondary N) is 2. The van der Waals surface area contributed by atoms with Gasteiger partial charge in [-0.25, -0.2) is 4.98 Å². The monoisotopic (exact) mass is 347 g/mol. The molecule has 0 saturated heterocycles. The SMILES string of the molecule is CN(C)CCNC(=O)c1nc(C(=O)NC2CCCC2)c2n1CCCC2. The Kier molecular flexibility index (Phi) is 5.73. The fraction of sp³-hybridized carbons (Fsp3) is 0.722. The molecule has 0 bridgehead atoms. The third-order valence-corrected chi connectivity index (χ3v) is 5.07. The first kappa shape index (κ1) is 17.9. The molecular formula is C18H29N5O2. The summed E-state index contributed by atoms with van der Waals surface area (Å²) in [7, 11) is 3.93. The second-order valence-corrected chi connectivity index (χ2v) is 7.35. The normalized spacial score (nSPS) is 17.6. The molecule has 0 aromatic carbocycles. The van der Waals surface area contributed by atoms with Crippen LogP contribution < -0.4 is 10.6 Å². The van der Waals surface area contributed by atoms with E-state index in [0.717, 1.165) is 50.9 Å². The topological polar surface area (TPSA) is 79.3 Å². The van der Waals surface area contributed by atoms with Gasteiger partial charge in [0.2, 0.25) is 0 Å². The predicted molar refractivity (Wildman–Crippen MR) is 95.8 cm³/mol. The molecule has 2 aliphatic rings. The maximum atomic E-state index is 12.7. The second-order valence-electron chi connectivity index (χ2n) is 7.35. The molecule has 7 nitrogen and oxygen atoms in total. The van der Waals surface area contributed by atoms with Gasteiger partial charge in [-0.15, -0.1) is 0 Å². The number of fused-ring (bicyclic) bond motifs is 1. The minimum atomic E-state index is -0.190. The predicted octanol–water partition coefficient (Wildman–Crippen LogP) is 1.18. The molecule has 138 valence electrons. The van der Waals surface area contributed by atoms with Gasteiger partial charge in [0.05, 0.1) is 5.69 Å². The molecule has 1 aliphatic carbocycles. The molecule has 1 saturated carbocycles. The van der Waals surface area contributed by atoms with Crippen LogP contribution in [0.25, 0.3) is 0 Å². The molecular weight excluding hydrogens is 318 g/mol. The van der Waals surface area contributed by atoms with Crippen molar-refractivity contribution in [2.45, 2.75) is 57.5 Å². The van der Waals surface area contributed by atoms with E-state index in [1.165, 1.54) is 12.8 Å². The Labute approximate surface area is 149 Å². The number of rotatable bonds is 6. The molecule has 1 fully saturated rings. The molecule has 2 heterocycles. The van der Waals surface area contributed by atoms with E-state index in [2.05, 4.69) is 15.6 Å². The molecule has 0 unspecified atom stereocenters. The Hall–Kier alpha value is -1.89. The number of carbonyl (C=O) groups is 2. The molecule has 0 atom stereocenters. The highest BCUT2D eigenvalue weighted by Gasteiger charge is 2.28. The van der Waals surface area contributed by atoms with Crippen LogP contribution in [0.5, 0.6) is 0 Å². The fourth-order valence-corrected chi connectivity index (χ4v) is 3.69. The summed E-state index contributed by atoms with van der Waals surface area (Å²) in [6.07, 6.45) is 7.30. The standard InChI is InChI=1S/C18H29N5O2/c1-22(2)12-10-19-18(25)16-21-15(14-9-5-6-11-23(14)16)17(24)20-13-7-3-4-8-13/h13H,3-12H2,1-2H3,(H,19,25)(H,20,24). The van der Waals surface area contributed by atoms with E-state index in [1.807, 2.05) is 23.6 Å². The Morgan fingerprint density at radius 2 is 1.92 bits per heavy atom. The average molecular weight is 347 g/mol. The summed E-state index contributed by atoms with van der Waals surface area (Å²) in [5, 5.41) is 6.01. The summed E-state index contributed by atoms with van der Waals surface area (Å²) in [5.74, 6) is 0.0693. The summed E-state index contributed by atoms with van der Waals surface area (Å²) >= 11 is 0. The van der Waals surface area contributed by atoms with E-state index in [0.29, 0.717) is 18.1 Å². The first-order chi connectivity index (χ1) is 12.1. The number of carbonyl (C=O) groups excluding carboxylic acids is 2. The van der Waals surface area contributed by atoms with Crippen molar-refractivity contribution in [3.8, 4) is 0 Å². The van der Waals surface area contributed by atoms with Crippen molar-refractivity contribution < 1.29 is 9.59 Å². The molecule has 0 spiro atoms. The van der Waals surface area contributed by atoms with Gasteiger partial charge in [0.15, 0.2) is 5.82 Å². The number of aromatic nitrogens is 2. The molecule has 7 heteroatoms. The quantitative estimate of drug-likeness (QED) is 0.810. The van der Waals surface area contributed by atoms with Crippen LogP contribution in [0.1, 0.15) is 65.3 Å². The summed E-state index contributed by atoms with van der Waals surface area (Å²) in [6.45, 7) is 2.10. The van der Waals surface area contributed by atoms with Crippen LogP contribution in [-0.4, -0.2) is 59.5 Å². The number of imidazole rings is 1. The summed E-state index contributed by atoms with van der Waals surface area (Å²) in [6, 6.07) is 0.255. The number of amides is 2. The van der Waals surface area contributed by atoms with E-state index in [1.54, 1.807) is 0 Å². The first-order valence-electron chi connectivity index (χ1n) is 9.39. The van der Waals surface area contributed by atoms with Crippen molar-refractivity contribution in [2.75, 3.05) is 27.2 Å². The molecule has 0 radical (unpaired) electrons. The first-order valence-corrected chi connectivity index (χ1v) is 9.39. The Bertz CT molecular complexity index is 632. The summed E-state index contributed by atoms with van der Waals surface area (Å²) in [4.78, 5) is 31.7. The van der Waals surface area contributed by atoms with Crippen molar-refractivity contribution in [3.63, 3.8) is 0 Å². The highest BCUT2D eigenvalue weighted by Crippen LogP contribution is 2.23. The van der Waals surface area contributed by atoms with Gasteiger partial charge in [-0.2, -0.15) is 0 Å². The molecule has 25 heavy (non-hydrogen) atoms. The third kappa shape index (κ3) is 4.21. The highest BCUT2D eigenvalue weighted by molar-refractivity contribution is 5.97. The zero-order valence-electron chi connectivity index (χ0n) is 15.3. The number of hydrogen-bond acceptors (Lipinski definition) is 4. The lowest BCUT2D eigenvalue weighted by Gasteiger charge is -2.18. The van der Waals surface area contributed by atoms with Gasteiger partial charge < -0.3 is 20.1 Å². The zero-order valence-corrected chi connectivity index (χ0v) is 15.3. The van der Waals surface area contributed by atoms with Crippen LogP contribution in [0.4, 0.5) is 0 Å². The number of likely N-dealkylation sites (N-methyl/N-ethyl adjacent to an activating group) is 1. The van der Waals surface area contributed by atoms with Crippen molar-refractivity contribution in [1.82, 2.24) is 25.1 Å². The van der Waals surface area contributed by atoms with Crippen LogP contribution in [0.2, 0.25) is 0 Å². The highest BCUT2D eigenvalue weighted by atomic mass is 16.2. The Morgan fingerprint density at radius 3 is 2.64 bits per heavy atom. The lowest BCUT2D eigenvalue weighted by molar-refractivity contribution is 0.0931. The molecule has 3 rings (SSSR count). The van der Waals surface area contributed by atoms with Crippen LogP contribution in [0.3, 0.4) is 0 Å². The van der Waals surface area contributed by atoms with Gasteiger partial charge in [-0.3, -0.25) is 9.59 Å². The van der Waals surface area contributed by atoms with Crippen molar-refractivity contribution >= 4 is 11.8 Å². The van der Waals surface area contributed by atoms with E-state index < -0.39 is 0 Å². The van der Waals surface area contributed by atoms with Crippen LogP contribution in [0.15, 0.2) is 0 Å².